The molecule has 30 heteroatoms. The summed E-state index contributed by atoms with van der Waals surface area (Å²) in [6, 6.07) is 36.1. The number of hydrogen-bond acceptors (Lipinski definition) is 20. The lowest BCUT2D eigenvalue weighted by atomic mass is 10.1. The third-order valence-electron chi connectivity index (χ3n) is 16.4. The third-order valence-corrected chi connectivity index (χ3v) is 16.4. The Bertz CT molecular complexity index is 4480. The number of hydrogen-bond donors (Lipinski definition) is 6. The molecule has 0 aromatic carbocycles. The van der Waals surface area contributed by atoms with Crippen molar-refractivity contribution in [2.24, 2.45) is 0 Å². The summed E-state index contributed by atoms with van der Waals surface area (Å²) in [5.74, 6) is 3.17. The van der Waals surface area contributed by atoms with Crippen molar-refractivity contribution < 1.29 is 31.1 Å². The molecule has 2 atom stereocenters. The molecule has 0 amide bonds. The first kappa shape index (κ1) is 62.5. The smallest absolute Gasteiger partial charge is 0.378 e. The molecular weight excluding hydrogens is 1220 g/mol. The summed E-state index contributed by atoms with van der Waals surface area (Å²) in [7, 11) is 2.16. The minimum atomic E-state index is -4.28. The van der Waals surface area contributed by atoms with Gasteiger partial charge in [-0.3, -0.25) is 20.4 Å². The highest BCUT2D eigenvalue weighted by atomic mass is 19.4. The molecule has 4 fully saturated rings. The van der Waals surface area contributed by atoms with Crippen molar-refractivity contribution >= 4 is 67.4 Å². The second-order valence-electron chi connectivity index (χ2n) is 22.7. The quantitative estimate of drug-likeness (QED) is 0.0737. The van der Waals surface area contributed by atoms with Gasteiger partial charge in [0.15, 0.2) is 22.6 Å². The summed E-state index contributed by atoms with van der Waals surface area (Å²) >= 11 is 0. The fraction of sp³-hybridized carbons (Fsp3) is 0.312. The fourth-order valence-corrected chi connectivity index (χ4v) is 11.6. The Kier molecular flexibility index (Phi) is 18.5. The normalized spacial score (nSPS) is 17.4. The number of rotatable bonds is 9. The van der Waals surface area contributed by atoms with Gasteiger partial charge >= 0.3 is 12.4 Å². The molecule has 484 valence electrons. The molecule has 24 nitrogen and oxygen atoms in total. The summed E-state index contributed by atoms with van der Waals surface area (Å²) < 4.78 is 82.4. The molecule has 12 aromatic heterocycles. The van der Waals surface area contributed by atoms with E-state index in [1.54, 1.807) is 54.0 Å². The van der Waals surface area contributed by atoms with Crippen LogP contribution >= 0.6 is 0 Å². The average Bonchev–Trinajstić information content (AvgIpc) is 1.68. The van der Waals surface area contributed by atoms with E-state index in [0.29, 0.717) is 65.3 Å². The number of ether oxygens (including phenoxy) is 1. The lowest BCUT2D eigenvalue weighted by Gasteiger charge is -2.35. The Labute approximate surface area is 533 Å². The van der Waals surface area contributed by atoms with Crippen LogP contribution in [-0.2, 0) is 4.74 Å². The first-order valence-corrected chi connectivity index (χ1v) is 30.7. The number of H-pyrrole nitrogens is 4. The van der Waals surface area contributed by atoms with Crippen molar-refractivity contribution in [3.8, 4) is 45.6 Å². The predicted molar refractivity (Wildman–Crippen MR) is 346 cm³/mol. The molecule has 4 aliphatic heterocycles. The third kappa shape index (κ3) is 14.6. The minimum Gasteiger partial charge on any atom is -0.378 e. The van der Waals surface area contributed by atoms with Crippen LogP contribution in [0.1, 0.15) is 6.42 Å². The Morgan fingerprint density at radius 1 is 0.415 bits per heavy atom. The number of halogens is 6. The van der Waals surface area contributed by atoms with Crippen LogP contribution in [0.3, 0.4) is 0 Å². The molecule has 12 aromatic rings. The molecular formula is C64H65F6N23O. The van der Waals surface area contributed by atoms with E-state index in [-0.39, 0.29) is 19.6 Å². The number of likely N-dealkylation sites (N-methyl/N-ethyl adjacent to an activating group) is 1. The van der Waals surface area contributed by atoms with Gasteiger partial charge in [-0.05, 0) is 104 Å². The number of piperazine rings is 3. The number of nitrogens with one attached hydrogen (secondary N) is 6. The van der Waals surface area contributed by atoms with Gasteiger partial charge in [0.2, 0.25) is 0 Å². The zero-order valence-electron chi connectivity index (χ0n) is 50.9. The second kappa shape index (κ2) is 27.9. The lowest BCUT2D eigenvalue weighted by Crippen LogP contribution is -2.57. The van der Waals surface area contributed by atoms with E-state index >= 15 is 0 Å². The van der Waals surface area contributed by atoms with Crippen molar-refractivity contribution in [3.05, 3.63) is 146 Å². The zero-order chi connectivity index (χ0) is 64.6. The maximum Gasteiger partial charge on any atom is 0.405 e. The summed E-state index contributed by atoms with van der Waals surface area (Å²) in [4.78, 5) is 46.1. The average molecular weight is 1290 g/mol. The maximum absolute atomic E-state index is 13.0. The molecule has 16 rings (SSSR count). The molecule has 94 heavy (non-hydrogen) atoms. The van der Waals surface area contributed by atoms with Crippen molar-refractivity contribution in [1.82, 2.24) is 96.2 Å². The van der Waals surface area contributed by atoms with Crippen LogP contribution in [0.4, 0.5) is 49.6 Å². The second-order valence-corrected chi connectivity index (χ2v) is 22.7. The summed E-state index contributed by atoms with van der Waals surface area (Å²) in [6.45, 7) is 9.35. The maximum atomic E-state index is 13.0. The highest BCUT2D eigenvalue weighted by molar-refractivity contribution is 5.92. The highest BCUT2D eigenvalue weighted by Gasteiger charge is 2.42. The molecule has 2 unspecified atom stereocenters. The highest BCUT2D eigenvalue weighted by Crippen LogP contribution is 2.32. The number of pyridine rings is 8. The molecule has 6 N–H and O–H groups in total. The Morgan fingerprint density at radius 2 is 0.777 bits per heavy atom. The van der Waals surface area contributed by atoms with Gasteiger partial charge in [-0.1, -0.05) is 24.3 Å². The zero-order valence-corrected chi connectivity index (χ0v) is 50.9. The lowest BCUT2D eigenvalue weighted by molar-refractivity contribution is -0.155. The number of morpholine rings is 1. The molecule has 0 radical (unpaired) electrons. The molecule has 0 saturated carbocycles. The van der Waals surface area contributed by atoms with E-state index in [9.17, 15) is 26.3 Å². The molecule has 16 heterocycles. The van der Waals surface area contributed by atoms with E-state index < -0.39 is 30.9 Å². The first-order chi connectivity index (χ1) is 45.7. The molecule has 0 spiro atoms. The molecule has 0 bridgehead atoms. The summed E-state index contributed by atoms with van der Waals surface area (Å²) in [5.41, 5.74) is 9.00. The van der Waals surface area contributed by atoms with E-state index in [1.807, 2.05) is 89.8 Å². The number of aromatic amines is 4. The van der Waals surface area contributed by atoms with Crippen LogP contribution in [0.15, 0.2) is 146 Å². The number of alkyl halides is 6. The SMILES string of the molecule is CN1CCN(c2cccc(-c3[nH]nc4ncccc34)n2)CC1.FC(F)(F)C1CN(c2cccc(-c3[nH]nc4ncccc34)n2)CCN1.FC(F)(F)CC1CN(c2cccc(-c3[nH]nc4ncccc34)n2)CCN1.c1cc(-c2[nH]nc3ncccc23)nc(N2CCOCC2)c1. The van der Waals surface area contributed by atoms with Gasteiger partial charge in [-0.2, -0.15) is 46.7 Å². The summed E-state index contributed by atoms with van der Waals surface area (Å²) in [6.07, 6.45) is -2.50. The van der Waals surface area contributed by atoms with Gasteiger partial charge < -0.3 is 39.9 Å². The number of nitrogens with zero attached hydrogens (tertiary/aromatic N) is 17. The van der Waals surface area contributed by atoms with Crippen molar-refractivity contribution in [2.45, 2.75) is 30.9 Å². The van der Waals surface area contributed by atoms with Gasteiger partial charge in [-0.15, -0.1) is 0 Å². The van der Waals surface area contributed by atoms with Crippen molar-refractivity contribution in [1.29, 1.82) is 0 Å². The van der Waals surface area contributed by atoms with Crippen LogP contribution in [-0.4, -0.2) is 209 Å². The predicted octanol–water partition coefficient (Wildman–Crippen LogP) is 8.74. The van der Waals surface area contributed by atoms with Gasteiger partial charge in [0.1, 0.15) is 29.3 Å². The van der Waals surface area contributed by atoms with Gasteiger partial charge in [-0.25, -0.2) is 39.9 Å². The van der Waals surface area contributed by atoms with Gasteiger partial charge in [0.25, 0.3) is 0 Å². The van der Waals surface area contributed by atoms with E-state index in [1.165, 1.54) is 0 Å². The largest absolute Gasteiger partial charge is 0.405 e. The van der Waals surface area contributed by atoms with Crippen molar-refractivity contribution in [2.75, 3.05) is 118 Å². The Morgan fingerprint density at radius 3 is 1.16 bits per heavy atom. The standard InChI is InChI=1S/C17H17F3N6.C16H15F3N6.C16H18N6.C15H15N5O/c18-17(19,20)9-11-10-26(8-7-21-11)14-5-1-4-13(23-14)15-12-3-2-6-22-16(12)25-24-15;17-16(18,19)12-9-25(8-7-20-12)13-5-1-4-11(22-13)14-10-3-2-6-21-15(10)24-23-14;1-21-8-10-22(11-9-21)14-6-2-5-13(18-14)15-12-4-3-7-17-16(12)20-19-15;1-4-12(14-11-3-2-6-16-15(11)19-18-14)17-13(5-1)20-7-9-21-10-8-20/h1-6,11,21H,7-10H2,(H,22,24,25);1-6,12,20H,7-9H2,(H,21,23,24);2-7H,8-11H2,1H3,(H,17,19,20);1-6H,7-10H2,(H,16,18,19). The van der Waals surface area contributed by atoms with E-state index in [0.717, 1.165) is 120 Å². The van der Waals surface area contributed by atoms with Crippen LogP contribution in [0.25, 0.3) is 89.7 Å². The minimum absolute atomic E-state index is 0.161. The van der Waals surface area contributed by atoms with Crippen LogP contribution in [0, 0.1) is 0 Å². The number of fused-ring (bicyclic) bond motifs is 4. The van der Waals surface area contributed by atoms with Crippen LogP contribution in [0.2, 0.25) is 0 Å². The number of anilines is 4. The van der Waals surface area contributed by atoms with Crippen LogP contribution in [0.5, 0.6) is 0 Å². The fourth-order valence-electron chi connectivity index (χ4n) is 11.6. The number of aromatic nitrogens is 16. The topological polar surface area (TPSA) is 267 Å². The van der Waals surface area contributed by atoms with Crippen LogP contribution < -0.4 is 30.2 Å². The van der Waals surface area contributed by atoms with Crippen molar-refractivity contribution in [3.63, 3.8) is 0 Å². The van der Waals surface area contributed by atoms with Gasteiger partial charge in [0, 0.05) is 131 Å². The first-order valence-electron chi connectivity index (χ1n) is 30.7. The molecule has 4 saturated heterocycles. The van der Waals surface area contributed by atoms with Gasteiger partial charge in [0.05, 0.1) is 65.2 Å². The van der Waals surface area contributed by atoms with E-state index in [2.05, 4.69) is 115 Å². The molecule has 0 aliphatic carbocycles. The molecule has 4 aliphatic rings. The Balaban J connectivity index is 0.000000114. The monoisotopic (exact) mass is 1290 g/mol. The van der Waals surface area contributed by atoms with E-state index in [4.69, 9.17) is 14.7 Å². The summed E-state index contributed by atoms with van der Waals surface area (Å²) in [5, 5.41) is 37.8. The Hall–Kier alpha value is -10.3.